The van der Waals surface area contributed by atoms with Crippen LogP contribution in [-0.4, -0.2) is 49.3 Å². The molecule has 2 aliphatic rings. The Morgan fingerprint density at radius 3 is 1.82 bits per heavy atom. The molecule has 0 aromatic heterocycles. The summed E-state index contributed by atoms with van der Waals surface area (Å²) in [6.07, 6.45) is 9.61. The van der Waals surface area contributed by atoms with E-state index in [0.29, 0.717) is 46.0 Å². The number of amides is 1. The fourth-order valence-electron chi connectivity index (χ4n) is 5.57. The average molecular weight is 468 g/mol. The number of carbonyl (C=O) groups excluding carboxylic acids is 1. The molecule has 6 nitrogen and oxygen atoms in total. The lowest BCUT2D eigenvalue weighted by Gasteiger charge is -2.39. The average Bonchev–Trinajstić information content (AvgIpc) is 3.42. The molecule has 0 spiro atoms. The molecule has 1 amide bonds. The van der Waals surface area contributed by atoms with E-state index in [1.165, 1.54) is 32.1 Å². The second kappa shape index (κ2) is 11.1. The largest absolute Gasteiger partial charge is 0.496 e. The quantitative estimate of drug-likeness (QED) is 0.554. The van der Waals surface area contributed by atoms with Crippen molar-refractivity contribution in [3.05, 3.63) is 53.1 Å². The first-order valence-corrected chi connectivity index (χ1v) is 12.5. The van der Waals surface area contributed by atoms with Crippen LogP contribution in [0.5, 0.6) is 17.2 Å². The smallest absolute Gasteiger partial charge is 0.254 e. The lowest BCUT2D eigenvalue weighted by Crippen LogP contribution is -2.47. The summed E-state index contributed by atoms with van der Waals surface area (Å²) in [5.41, 5.74) is 1.95. The monoisotopic (exact) mass is 467 g/mol. The van der Waals surface area contributed by atoms with Crippen LogP contribution in [0.4, 0.5) is 0 Å². The van der Waals surface area contributed by atoms with E-state index >= 15 is 0 Å². The standard InChI is InChI=1S/C28H37NO5/c1-32-24-18-26(34-3)25(33-2)17-23(24)27(30)19-13-15-20(16-14-19)28(31)29(22-11-7-8-12-22)21-9-5-4-6-10-21/h13-18,21-22,27,30H,4-12H2,1-3H3. The summed E-state index contributed by atoms with van der Waals surface area (Å²) < 4.78 is 16.2. The number of ether oxygens (including phenoxy) is 3. The van der Waals surface area contributed by atoms with E-state index < -0.39 is 6.10 Å². The number of nitrogens with zero attached hydrogens (tertiary/aromatic N) is 1. The third kappa shape index (κ3) is 5.02. The van der Waals surface area contributed by atoms with E-state index in [0.717, 1.165) is 25.7 Å². The number of benzene rings is 2. The first kappa shape index (κ1) is 24.4. The van der Waals surface area contributed by atoms with Gasteiger partial charge in [-0.25, -0.2) is 0 Å². The molecule has 2 aliphatic carbocycles. The molecule has 2 fully saturated rings. The third-order valence-electron chi connectivity index (χ3n) is 7.42. The Balaban J connectivity index is 1.58. The number of rotatable bonds is 8. The maximum Gasteiger partial charge on any atom is 0.254 e. The molecule has 1 unspecified atom stereocenters. The van der Waals surface area contributed by atoms with Crippen LogP contribution in [0, 0.1) is 0 Å². The fourth-order valence-corrected chi connectivity index (χ4v) is 5.57. The lowest BCUT2D eigenvalue weighted by atomic mass is 9.92. The minimum atomic E-state index is -0.928. The van der Waals surface area contributed by atoms with Crippen molar-refractivity contribution in [3.8, 4) is 17.2 Å². The third-order valence-corrected chi connectivity index (χ3v) is 7.42. The molecule has 184 valence electrons. The van der Waals surface area contributed by atoms with Gasteiger partial charge in [0.1, 0.15) is 11.9 Å². The molecule has 0 saturated heterocycles. The van der Waals surface area contributed by atoms with Gasteiger partial charge >= 0.3 is 0 Å². The molecule has 0 radical (unpaired) electrons. The highest BCUT2D eigenvalue weighted by atomic mass is 16.5. The molecule has 0 heterocycles. The summed E-state index contributed by atoms with van der Waals surface area (Å²) in [7, 11) is 4.68. The SMILES string of the molecule is COc1cc(OC)c(C(O)c2ccc(C(=O)N(C3CCCCC3)C3CCCC3)cc2)cc1OC. The van der Waals surface area contributed by atoms with Crippen molar-refractivity contribution in [1.29, 1.82) is 0 Å². The second-order valence-electron chi connectivity index (χ2n) is 9.42. The van der Waals surface area contributed by atoms with Crippen molar-refractivity contribution < 1.29 is 24.1 Å². The van der Waals surface area contributed by atoms with Gasteiger partial charge in [0.05, 0.1) is 21.3 Å². The van der Waals surface area contributed by atoms with Gasteiger partial charge in [-0.15, -0.1) is 0 Å². The summed E-state index contributed by atoms with van der Waals surface area (Å²) in [5, 5.41) is 11.1. The van der Waals surface area contributed by atoms with Crippen molar-refractivity contribution in [1.82, 2.24) is 4.90 Å². The fraction of sp³-hybridized carbons (Fsp3) is 0.536. The number of aliphatic hydroxyl groups excluding tert-OH is 1. The van der Waals surface area contributed by atoms with Crippen molar-refractivity contribution in [3.63, 3.8) is 0 Å². The first-order valence-electron chi connectivity index (χ1n) is 12.5. The Hall–Kier alpha value is -2.73. The van der Waals surface area contributed by atoms with E-state index in [4.69, 9.17) is 14.2 Å². The Morgan fingerprint density at radius 1 is 0.794 bits per heavy atom. The molecule has 34 heavy (non-hydrogen) atoms. The summed E-state index contributed by atoms with van der Waals surface area (Å²) >= 11 is 0. The zero-order valence-corrected chi connectivity index (χ0v) is 20.6. The molecule has 6 heteroatoms. The van der Waals surface area contributed by atoms with Crippen LogP contribution in [0.25, 0.3) is 0 Å². The van der Waals surface area contributed by atoms with Crippen LogP contribution in [-0.2, 0) is 0 Å². The molecule has 4 rings (SSSR count). The summed E-state index contributed by atoms with van der Waals surface area (Å²) in [6, 6.07) is 11.5. The highest BCUT2D eigenvalue weighted by Crippen LogP contribution is 2.39. The minimum absolute atomic E-state index is 0.128. The Morgan fingerprint density at radius 2 is 1.29 bits per heavy atom. The van der Waals surface area contributed by atoms with Crippen LogP contribution in [0.15, 0.2) is 36.4 Å². The van der Waals surface area contributed by atoms with Crippen molar-refractivity contribution in [2.24, 2.45) is 0 Å². The molecule has 2 saturated carbocycles. The van der Waals surface area contributed by atoms with E-state index in [9.17, 15) is 9.90 Å². The van der Waals surface area contributed by atoms with Crippen LogP contribution in [0.3, 0.4) is 0 Å². The van der Waals surface area contributed by atoms with Crippen LogP contribution < -0.4 is 14.2 Å². The zero-order valence-electron chi connectivity index (χ0n) is 20.6. The first-order chi connectivity index (χ1) is 16.6. The lowest BCUT2D eigenvalue weighted by molar-refractivity contribution is 0.0518. The second-order valence-corrected chi connectivity index (χ2v) is 9.42. The number of carbonyl (C=O) groups is 1. The maximum absolute atomic E-state index is 13.6. The van der Waals surface area contributed by atoms with E-state index in [1.807, 2.05) is 24.3 Å². The number of hydrogen-bond acceptors (Lipinski definition) is 5. The summed E-state index contributed by atoms with van der Waals surface area (Å²) in [4.78, 5) is 15.9. The Labute approximate surface area is 202 Å². The summed E-state index contributed by atoms with van der Waals surface area (Å²) in [6.45, 7) is 0. The van der Waals surface area contributed by atoms with Crippen molar-refractivity contribution in [2.45, 2.75) is 76.0 Å². The molecular weight excluding hydrogens is 430 g/mol. The van der Waals surface area contributed by atoms with E-state index in [2.05, 4.69) is 4.90 Å². The van der Waals surface area contributed by atoms with E-state index in [1.54, 1.807) is 33.5 Å². The number of aliphatic hydroxyl groups is 1. The van der Waals surface area contributed by atoms with E-state index in [-0.39, 0.29) is 5.91 Å². The van der Waals surface area contributed by atoms with Gasteiger partial charge in [0.2, 0.25) is 0 Å². The Bertz CT molecular complexity index is 962. The predicted octanol–water partition coefficient (Wildman–Crippen LogP) is 5.51. The maximum atomic E-state index is 13.6. The summed E-state index contributed by atoms with van der Waals surface area (Å²) in [5.74, 6) is 1.69. The van der Waals surface area contributed by atoms with Crippen LogP contribution in [0.2, 0.25) is 0 Å². The highest BCUT2D eigenvalue weighted by Gasteiger charge is 2.33. The van der Waals surface area contributed by atoms with Crippen LogP contribution >= 0.6 is 0 Å². The normalized spacial score (nSPS) is 17.9. The molecule has 0 aliphatic heterocycles. The van der Waals surface area contributed by atoms with Crippen molar-refractivity contribution >= 4 is 5.91 Å². The molecule has 1 N–H and O–H groups in total. The molecule has 1 atom stereocenters. The number of methoxy groups -OCH3 is 3. The molecule has 2 aromatic carbocycles. The van der Waals surface area contributed by atoms with Gasteiger partial charge in [-0.3, -0.25) is 4.79 Å². The van der Waals surface area contributed by atoms with Gasteiger partial charge < -0.3 is 24.2 Å². The van der Waals surface area contributed by atoms with Gasteiger partial charge in [0.15, 0.2) is 11.5 Å². The van der Waals surface area contributed by atoms with Gasteiger partial charge in [0, 0.05) is 29.3 Å². The van der Waals surface area contributed by atoms with Gasteiger partial charge in [-0.2, -0.15) is 0 Å². The molecule has 0 bridgehead atoms. The topological polar surface area (TPSA) is 68.2 Å². The van der Waals surface area contributed by atoms with Gasteiger partial charge in [0.25, 0.3) is 5.91 Å². The number of hydrogen-bond donors (Lipinski definition) is 1. The molecular formula is C28H37NO5. The van der Waals surface area contributed by atoms with Crippen LogP contribution in [0.1, 0.15) is 85.4 Å². The zero-order chi connectivity index (χ0) is 24.1. The highest BCUT2D eigenvalue weighted by molar-refractivity contribution is 5.94. The Kier molecular flexibility index (Phi) is 7.99. The van der Waals surface area contributed by atoms with Gasteiger partial charge in [-0.1, -0.05) is 44.2 Å². The minimum Gasteiger partial charge on any atom is -0.496 e. The van der Waals surface area contributed by atoms with Gasteiger partial charge in [-0.05, 0) is 49.4 Å². The predicted molar refractivity (Wildman–Crippen MR) is 132 cm³/mol. The molecule has 2 aromatic rings. The van der Waals surface area contributed by atoms with Crippen molar-refractivity contribution in [2.75, 3.05) is 21.3 Å².